The first kappa shape index (κ1) is 21.8. The minimum absolute atomic E-state index is 0.299. The van der Waals surface area contributed by atoms with E-state index in [0.29, 0.717) is 64.1 Å². The van der Waals surface area contributed by atoms with Crippen LogP contribution in [-0.4, -0.2) is 64.5 Å². The van der Waals surface area contributed by atoms with Gasteiger partial charge >= 0.3 is 0 Å². The number of primary amides is 1. The molecule has 0 fully saturated rings. The Labute approximate surface area is 153 Å². The van der Waals surface area contributed by atoms with Crippen molar-refractivity contribution in [1.82, 2.24) is 0 Å². The highest BCUT2D eigenvalue weighted by atomic mass is 16.6. The number of ether oxygens (including phenoxy) is 4. The van der Waals surface area contributed by atoms with Crippen LogP contribution in [0.4, 0.5) is 0 Å². The molecule has 144 valence electrons. The van der Waals surface area contributed by atoms with Crippen molar-refractivity contribution >= 4 is 11.7 Å². The van der Waals surface area contributed by atoms with Crippen LogP contribution in [0.1, 0.15) is 10.4 Å². The standard InChI is InChI=1S/C18H26N2O6/c19-7-8-23-9-10-24-11-12-25-13-14-26-16-3-1-15(2-4-16)17(21)5-6-18(20)22/h1-6H,7-14,19H2,(H2,20,22)/b6-5+. The average molecular weight is 366 g/mol. The van der Waals surface area contributed by atoms with E-state index in [2.05, 4.69) is 0 Å². The number of rotatable bonds is 15. The van der Waals surface area contributed by atoms with Gasteiger partial charge in [-0.1, -0.05) is 0 Å². The molecule has 0 aliphatic rings. The van der Waals surface area contributed by atoms with Crippen molar-refractivity contribution in [1.29, 1.82) is 0 Å². The lowest BCUT2D eigenvalue weighted by atomic mass is 10.1. The van der Waals surface area contributed by atoms with Crippen LogP contribution in [0.15, 0.2) is 36.4 Å². The van der Waals surface area contributed by atoms with Gasteiger partial charge in [0.2, 0.25) is 5.91 Å². The third kappa shape index (κ3) is 10.6. The van der Waals surface area contributed by atoms with E-state index in [-0.39, 0.29) is 5.78 Å². The van der Waals surface area contributed by atoms with Crippen LogP contribution < -0.4 is 16.2 Å². The summed E-state index contributed by atoms with van der Waals surface area (Å²) in [5.74, 6) is -0.340. The predicted molar refractivity (Wildman–Crippen MR) is 96.1 cm³/mol. The molecule has 1 amide bonds. The topological polar surface area (TPSA) is 123 Å². The third-order valence-corrected chi connectivity index (χ3v) is 3.04. The van der Waals surface area contributed by atoms with Gasteiger partial charge in [-0.25, -0.2) is 0 Å². The summed E-state index contributed by atoms with van der Waals surface area (Å²) in [5.41, 5.74) is 10.7. The number of hydrogen-bond donors (Lipinski definition) is 2. The summed E-state index contributed by atoms with van der Waals surface area (Å²) in [6.07, 6.45) is 2.17. The maximum Gasteiger partial charge on any atom is 0.241 e. The summed E-state index contributed by atoms with van der Waals surface area (Å²) in [7, 11) is 0. The van der Waals surface area contributed by atoms with Crippen LogP contribution in [0.25, 0.3) is 0 Å². The van der Waals surface area contributed by atoms with Crippen molar-refractivity contribution in [2.24, 2.45) is 11.5 Å². The molecule has 0 atom stereocenters. The van der Waals surface area contributed by atoms with Gasteiger partial charge in [-0.05, 0) is 30.3 Å². The summed E-state index contributed by atoms with van der Waals surface area (Å²) < 4.78 is 21.4. The van der Waals surface area contributed by atoms with Crippen LogP contribution >= 0.6 is 0 Å². The first-order chi connectivity index (χ1) is 12.6. The third-order valence-electron chi connectivity index (χ3n) is 3.04. The van der Waals surface area contributed by atoms with E-state index in [4.69, 9.17) is 30.4 Å². The van der Waals surface area contributed by atoms with Gasteiger partial charge in [0.1, 0.15) is 12.4 Å². The summed E-state index contributed by atoms with van der Waals surface area (Å²) >= 11 is 0. The van der Waals surface area contributed by atoms with Gasteiger partial charge in [0.25, 0.3) is 0 Å². The Bertz CT molecular complexity index is 559. The van der Waals surface area contributed by atoms with Gasteiger partial charge in [0, 0.05) is 18.2 Å². The largest absolute Gasteiger partial charge is 0.491 e. The Balaban J connectivity index is 2.09. The van der Waals surface area contributed by atoms with Crippen LogP contribution in [0, 0.1) is 0 Å². The van der Waals surface area contributed by atoms with E-state index in [1.165, 1.54) is 0 Å². The van der Waals surface area contributed by atoms with E-state index >= 15 is 0 Å². The number of nitrogens with two attached hydrogens (primary N) is 2. The molecule has 0 spiro atoms. The lowest BCUT2D eigenvalue weighted by Crippen LogP contribution is -2.14. The molecule has 0 aliphatic carbocycles. The molecule has 0 heterocycles. The van der Waals surface area contributed by atoms with E-state index in [1.807, 2.05) is 0 Å². The minimum Gasteiger partial charge on any atom is -0.491 e. The summed E-state index contributed by atoms with van der Waals surface area (Å²) in [4.78, 5) is 22.3. The van der Waals surface area contributed by atoms with Gasteiger partial charge in [0.05, 0.1) is 39.6 Å². The first-order valence-corrected chi connectivity index (χ1v) is 8.31. The van der Waals surface area contributed by atoms with Crippen molar-refractivity contribution < 1.29 is 28.5 Å². The smallest absolute Gasteiger partial charge is 0.241 e. The molecule has 1 aromatic carbocycles. The van der Waals surface area contributed by atoms with E-state index in [0.717, 1.165) is 12.2 Å². The number of ketones is 1. The summed E-state index contributed by atoms with van der Waals surface area (Å²) in [5, 5.41) is 0. The molecule has 0 saturated heterocycles. The lowest BCUT2D eigenvalue weighted by Gasteiger charge is -2.08. The summed E-state index contributed by atoms with van der Waals surface area (Å²) in [6, 6.07) is 6.58. The fraction of sp³-hybridized carbons (Fsp3) is 0.444. The van der Waals surface area contributed by atoms with Gasteiger partial charge < -0.3 is 30.4 Å². The Morgan fingerprint density at radius 3 is 1.88 bits per heavy atom. The van der Waals surface area contributed by atoms with Gasteiger partial charge in [-0.3, -0.25) is 9.59 Å². The molecule has 0 aliphatic heterocycles. The fourth-order valence-corrected chi connectivity index (χ4v) is 1.81. The number of benzene rings is 1. The minimum atomic E-state index is -0.663. The number of amides is 1. The maximum absolute atomic E-state index is 11.7. The van der Waals surface area contributed by atoms with E-state index in [1.54, 1.807) is 24.3 Å². The zero-order chi connectivity index (χ0) is 19.0. The van der Waals surface area contributed by atoms with Crippen LogP contribution in [0.5, 0.6) is 5.75 Å². The molecule has 0 saturated carbocycles. The summed E-state index contributed by atoms with van der Waals surface area (Å²) in [6.45, 7) is 3.85. The second-order valence-corrected chi connectivity index (χ2v) is 5.10. The van der Waals surface area contributed by atoms with E-state index in [9.17, 15) is 9.59 Å². The molecule has 26 heavy (non-hydrogen) atoms. The van der Waals surface area contributed by atoms with Crippen molar-refractivity contribution in [2.45, 2.75) is 0 Å². The highest BCUT2D eigenvalue weighted by molar-refractivity contribution is 6.07. The van der Waals surface area contributed by atoms with Crippen molar-refractivity contribution in [3.8, 4) is 5.75 Å². The maximum atomic E-state index is 11.7. The Hall–Kier alpha value is -2.26. The first-order valence-electron chi connectivity index (χ1n) is 8.31. The molecule has 8 heteroatoms. The van der Waals surface area contributed by atoms with Crippen molar-refractivity contribution in [3.05, 3.63) is 42.0 Å². The van der Waals surface area contributed by atoms with Gasteiger partial charge in [-0.2, -0.15) is 0 Å². The second-order valence-electron chi connectivity index (χ2n) is 5.10. The van der Waals surface area contributed by atoms with Crippen LogP contribution in [0.2, 0.25) is 0 Å². The zero-order valence-electron chi connectivity index (χ0n) is 14.7. The SMILES string of the molecule is NCCOCCOCCOCCOc1ccc(C(=O)/C=C/C(N)=O)cc1. The highest BCUT2D eigenvalue weighted by Crippen LogP contribution is 2.12. The predicted octanol–water partition coefficient (Wildman–Crippen LogP) is 0.298. The van der Waals surface area contributed by atoms with Crippen LogP contribution in [-0.2, 0) is 19.0 Å². The van der Waals surface area contributed by atoms with Gasteiger partial charge in [-0.15, -0.1) is 0 Å². The molecular formula is C18H26N2O6. The lowest BCUT2D eigenvalue weighted by molar-refractivity contribution is -0.113. The number of carbonyl (C=O) groups excluding carboxylic acids is 2. The number of carbonyl (C=O) groups is 2. The molecule has 0 bridgehead atoms. The van der Waals surface area contributed by atoms with Crippen molar-refractivity contribution in [2.75, 3.05) is 52.8 Å². The molecule has 1 rings (SSSR count). The highest BCUT2D eigenvalue weighted by Gasteiger charge is 2.02. The molecule has 1 aromatic rings. The molecule has 0 unspecified atom stereocenters. The Kier molecular flexibility index (Phi) is 11.7. The zero-order valence-corrected chi connectivity index (χ0v) is 14.7. The molecule has 4 N–H and O–H groups in total. The molecular weight excluding hydrogens is 340 g/mol. The second kappa shape index (κ2) is 14.0. The Morgan fingerprint density at radius 1 is 0.808 bits per heavy atom. The monoisotopic (exact) mass is 366 g/mol. The van der Waals surface area contributed by atoms with E-state index < -0.39 is 5.91 Å². The quantitative estimate of drug-likeness (QED) is 0.260. The van der Waals surface area contributed by atoms with Crippen LogP contribution in [0.3, 0.4) is 0 Å². The molecule has 0 aromatic heterocycles. The number of hydrogen-bond acceptors (Lipinski definition) is 7. The average Bonchev–Trinajstić information content (AvgIpc) is 2.64. The number of allylic oxidation sites excluding steroid dienone is 1. The van der Waals surface area contributed by atoms with Gasteiger partial charge in [0.15, 0.2) is 5.78 Å². The molecule has 8 nitrogen and oxygen atoms in total. The Morgan fingerprint density at radius 2 is 1.35 bits per heavy atom. The molecule has 0 radical (unpaired) electrons. The van der Waals surface area contributed by atoms with Crippen molar-refractivity contribution in [3.63, 3.8) is 0 Å². The fourth-order valence-electron chi connectivity index (χ4n) is 1.81. The normalized spacial score (nSPS) is 11.0.